The number of urea groups is 1. The Hall–Kier alpha value is -1.98. The normalized spacial score (nSPS) is 19.2. The van der Waals surface area contributed by atoms with Gasteiger partial charge in [0.05, 0.1) is 0 Å². The number of carbonyl (C=O) groups is 1. The first-order valence-electron chi connectivity index (χ1n) is 6.01. The van der Waals surface area contributed by atoms with Crippen LogP contribution in [0.25, 0.3) is 0 Å². The van der Waals surface area contributed by atoms with Gasteiger partial charge in [0.2, 0.25) is 0 Å². The number of hydrogen-bond donors (Lipinski definition) is 2. The zero-order valence-corrected chi connectivity index (χ0v) is 10.7. The van der Waals surface area contributed by atoms with Crippen LogP contribution in [0.2, 0.25) is 0 Å². The lowest BCUT2D eigenvalue weighted by molar-refractivity contribution is 0.197. The first-order chi connectivity index (χ1) is 8.90. The number of rotatable bonds is 3. The first kappa shape index (κ1) is 13.5. The molecule has 6 heteroatoms. The lowest BCUT2D eigenvalue weighted by atomic mass is 10.0. The van der Waals surface area contributed by atoms with Gasteiger partial charge in [-0.1, -0.05) is 13.8 Å². The van der Waals surface area contributed by atoms with Crippen molar-refractivity contribution in [2.45, 2.75) is 19.9 Å². The summed E-state index contributed by atoms with van der Waals surface area (Å²) in [6, 6.07) is 1.72. The van der Waals surface area contributed by atoms with Crippen molar-refractivity contribution in [2.24, 2.45) is 5.92 Å². The van der Waals surface area contributed by atoms with Gasteiger partial charge in [-0.2, -0.15) is 0 Å². The SMILES string of the molecule is CC(C)CN1C(=O)NC(=N)C1c1cc(F)ccc1F. The molecule has 1 aromatic carbocycles. The van der Waals surface area contributed by atoms with Crippen LogP contribution < -0.4 is 5.32 Å². The molecule has 1 aliphatic heterocycles. The van der Waals surface area contributed by atoms with Gasteiger partial charge in [0.25, 0.3) is 0 Å². The van der Waals surface area contributed by atoms with Crippen molar-refractivity contribution in [1.29, 1.82) is 5.41 Å². The molecule has 0 bridgehead atoms. The van der Waals surface area contributed by atoms with Crippen LogP contribution in [0.1, 0.15) is 25.5 Å². The highest BCUT2D eigenvalue weighted by atomic mass is 19.1. The van der Waals surface area contributed by atoms with Gasteiger partial charge >= 0.3 is 6.03 Å². The number of hydrogen-bond acceptors (Lipinski definition) is 2. The van der Waals surface area contributed by atoms with Crippen molar-refractivity contribution in [1.82, 2.24) is 10.2 Å². The maximum absolute atomic E-state index is 13.8. The summed E-state index contributed by atoms with van der Waals surface area (Å²) in [5.41, 5.74) is 0.00370. The van der Waals surface area contributed by atoms with Crippen LogP contribution in [0, 0.1) is 23.0 Å². The first-order valence-corrected chi connectivity index (χ1v) is 6.01. The summed E-state index contributed by atoms with van der Waals surface area (Å²) in [4.78, 5) is 13.1. The predicted octanol–water partition coefficient (Wildman–Crippen LogP) is 2.66. The van der Waals surface area contributed by atoms with Gasteiger partial charge in [0.1, 0.15) is 23.5 Å². The van der Waals surface area contributed by atoms with E-state index >= 15 is 0 Å². The molecule has 0 aliphatic carbocycles. The summed E-state index contributed by atoms with van der Waals surface area (Å²) >= 11 is 0. The molecular formula is C13H15F2N3O. The summed E-state index contributed by atoms with van der Waals surface area (Å²) in [6.07, 6.45) is 0. The zero-order valence-electron chi connectivity index (χ0n) is 10.7. The maximum Gasteiger partial charge on any atom is 0.323 e. The third-order valence-electron chi connectivity index (χ3n) is 2.90. The Kier molecular flexibility index (Phi) is 3.50. The van der Waals surface area contributed by atoms with Crippen molar-refractivity contribution in [3.8, 4) is 0 Å². The molecular weight excluding hydrogens is 252 g/mol. The lowest BCUT2D eigenvalue weighted by Gasteiger charge is -2.25. The fourth-order valence-corrected chi connectivity index (χ4v) is 2.16. The van der Waals surface area contributed by atoms with E-state index in [1.54, 1.807) is 0 Å². The Morgan fingerprint density at radius 3 is 2.74 bits per heavy atom. The van der Waals surface area contributed by atoms with Gasteiger partial charge in [-0.3, -0.25) is 10.7 Å². The van der Waals surface area contributed by atoms with Crippen molar-refractivity contribution in [3.63, 3.8) is 0 Å². The van der Waals surface area contributed by atoms with E-state index in [1.807, 2.05) is 13.8 Å². The van der Waals surface area contributed by atoms with Crippen LogP contribution in [-0.4, -0.2) is 23.3 Å². The fourth-order valence-electron chi connectivity index (χ4n) is 2.16. The Bertz CT molecular complexity index is 531. The molecule has 2 amide bonds. The molecule has 102 valence electrons. The third kappa shape index (κ3) is 2.57. The second-order valence-corrected chi connectivity index (χ2v) is 4.96. The van der Waals surface area contributed by atoms with Gasteiger partial charge in [0, 0.05) is 12.1 Å². The van der Waals surface area contributed by atoms with Crippen LogP contribution in [0.4, 0.5) is 13.6 Å². The third-order valence-corrected chi connectivity index (χ3v) is 2.90. The molecule has 1 heterocycles. The topological polar surface area (TPSA) is 56.2 Å². The quantitative estimate of drug-likeness (QED) is 0.869. The fraction of sp³-hybridized carbons (Fsp3) is 0.385. The number of nitrogens with zero attached hydrogens (tertiary/aromatic N) is 1. The van der Waals surface area contributed by atoms with Gasteiger partial charge in [0.15, 0.2) is 0 Å². The molecule has 1 aromatic rings. The molecule has 1 atom stereocenters. The minimum atomic E-state index is -0.884. The van der Waals surface area contributed by atoms with E-state index < -0.39 is 23.7 Å². The molecule has 0 radical (unpaired) electrons. The lowest BCUT2D eigenvalue weighted by Crippen LogP contribution is -2.33. The number of carbonyl (C=O) groups excluding carboxylic acids is 1. The van der Waals surface area contributed by atoms with Crippen LogP contribution in [-0.2, 0) is 0 Å². The van der Waals surface area contributed by atoms with E-state index in [1.165, 1.54) is 4.90 Å². The van der Waals surface area contributed by atoms with Crippen molar-refractivity contribution in [2.75, 3.05) is 6.54 Å². The Balaban J connectivity index is 2.42. The highest BCUT2D eigenvalue weighted by Crippen LogP contribution is 2.29. The van der Waals surface area contributed by atoms with E-state index in [2.05, 4.69) is 5.32 Å². The summed E-state index contributed by atoms with van der Waals surface area (Å²) in [7, 11) is 0. The number of halogens is 2. The summed E-state index contributed by atoms with van der Waals surface area (Å²) in [5.74, 6) is -1.18. The zero-order chi connectivity index (χ0) is 14.2. The Morgan fingerprint density at radius 1 is 1.42 bits per heavy atom. The monoisotopic (exact) mass is 267 g/mol. The van der Waals surface area contributed by atoms with E-state index in [0.717, 1.165) is 18.2 Å². The molecule has 0 aromatic heterocycles. The minimum Gasteiger partial charge on any atom is -0.310 e. The Labute approximate surface area is 109 Å². The van der Waals surface area contributed by atoms with Crippen molar-refractivity contribution in [3.05, 3.63) is 35.4 Å². The van der Waals surface area contributed by atoms with E-state index in [9.17, 15) is 13.6 Å². The molecule has 1 aliphatic rings. The number of benzene rings is 1. The minimum absolute atomic E-state index is 0.00370. The molecule has 2 N–H and O–H groups in total. The standard InChI is InChI=1S/C13H15F2N3O/c1-7(2)6-18-11(12(16)17-13(18)19)9-5-8(14)3-4-10(9)15/h3-5,7,11H,6H2,1-2H3,(H2,16,17,19). The van der Waals surface area contributed by atoms with Crippen LogP contribution in [0.15, 0.2) is 18.2 Å². The van der Waals surface area contributed by atoms with Crippen LogP contribution in [0.3, 0.4) is 0 Å². The van der Waals surface area contributed by atoms with Crippen LogP contribution in [0.5, 0.6) is 0 Å². The molecule has 1 fully saturated rings. The van der Waals surface area contributed by atoms with Gasteiger partial charge in [-0.25, -0.2) is 13.6 Å². The van der Waals surface area contributed by atoms with Crippen molar-refractivity contribution < 1.29 is 13.6 Å². The van der Waals surface area contributed by atoms with Gasteiger partial charge < -0.3 is 4.90 Å². The van der Waals surface area contributed by atoms with Crippen LogP contribution >= 0.6 is 0 Å². The summed E-state index contributed by atoms with van der Waals surface area (Å²) in [6.45, 7) is 4.19. The predicted molar refractivity (Wildman–Crippen MR) is 66.9 cm³/mol. The highest BCUT2D eigenvalue weighted by Gasteiger charge is 2.38. The molecule has 0 spiro atoms. The second kappa shape index (κ2) is 4.95. The van der Waals surface area contributed by atoms with E-state index in [-0.39, 0.29) is 17.3 Å². The average Bonchev–Trinajstić information content (AvgIpc) is 2.57. The molecule has 1 unspecified atom stereocenters. The molecule has 2 rings (SSSR count). The maximum atomic E-state index is 13.8. The molecule has 1 saturated heterocycles. The van der Waals surface area contributed by atoms with E-state index in [4.69, 9.17) is 5.41 Å². The average molecular weight is 267 g/mol. The van der Waals surface area contributed by atoms with E-state index in [0.29, 0.717) is 6.54 Å². The number of amidine groups is 1. The highest BCUT2D eigenvalue weighted by molar-refractivity contribution is 6.06. The summed E-state index contributed by atoms with van der Waals surface area (Å²) in [5, 5.41) is 10.1. The largest absolute Gasteiger partial charge is 0.323 e. The Morgan fingerprint density at radius 2 is 2.11 bits per heavy atom. The van der Waals surface area contributed by atoms with Crippen molar-refractivity contribution >= 4 is 11.9 Å². The summed E-state index contributed by atoms with van der Waals surface area (Å²) < 4.78 is 27.1. The molecule has 0 saturated carbocycles. The number of amides is 2. The molecule has 4 nitrogen and oxygen atoms in total. The van der Waals surface area contributed by atoms with Gasteiger partial charge in [-0.05, 0) is 24.1 Å². The van der Waals surface area contributed by atoms with Gasteiger partial charge in [-0.15, -0.1) is 0 Å². The molecule has 19 heavy (non-hydrogen) atoms. The second-order valence-electron chi connectivity index (χ2n) is 4.96. The smallest absolute Gasteiger partial charge is 0.310 e. The number of nitrogens with one attached hydrogen (secondary N) is 2.